The summed E-state index contributed by atoms with van der Waals surface area (Å²) in [6.45, 7) is 0. The van der Waals surface area contributed by atoms with Crippen molar-refractivity contribution in [1.82, 2.24) is 4.90 Å². The Hall–Kier alpha value is -0.910. The first kappa shape index (κ1) is 16.1. The topological polar surface area (TPSA) is 48.0 Å². The van der Waals surface area contributed by atoms with Crippen molar-refractivity contribution in [2.75, 3.05) is 35.4 Å². The monoisotopic (exact) mass is 245 g/mol. The number of likely N-dealkylation sites (N-methyl/N-ethyl adjacent to an activating group) is 1. The van der Waals surface area contributed by atoms with E-state index in [-0.39, 0.29) is 5.97 Å². The number of hydrogen-bond acceptors (Lipinski definition) is 5. The second-order valence-electron chi connectivity index (χ2n) is 3.80. The van der Waals surface area contributed by atoms with Gasteiger partial charge in [-0.25, -0.2) is 0 Å². The van der Waals surface area contributed by atoms with Crippen LogP contribution in [-0.2, 0) is 19.0 Å². The molecular weight excluding hydrogens is 222 g/mol. The highest BCUT2D eigenvalue weighted by Crippen LogP contribution is 2.16. The van der Waals surface area contributed by atoms with Gasteiger partial charge in [0.05, 0.1) is 7.11 Å². The van der Waals surface area contributed by atoms with Crippen molar-refractivity contribution in [3.8, 4) is 0 Å². The van der Waals surface area contributed by atoms with Gasteiger partial charge in [-0.2, -0.15) is 0 Å². The summed E-state index contributed by atoms with van der Waals surface area (Å²) < 4.78 is 15.2. The molecule has 17 heavy (non-hydrogen) atoms. The molecule has 0 radical (unpaired) electrons. The normalized spacial score (nSPS) is 12.4. The zero-order chi connectivity index (χ0) is 13.3. The maximum atomic E-state index is 10.9. The van der Waals surface area contributed by atoms with Gasteiger partial charge in [0, 0.05) is 20.6 Å². The Morgan fingerprint density at radius 3 is 2.24 bits per heavy atom. The molecule has 0 N–H and O–H groups in total. The van der Waals surface area contributed by atoms with Crippen LogP contribution >= 0.6 is 0 Å². The molecule has 0 aromatic carbocycles. The summed E-state index contributed by atoms with van der Waals surface area (Å²) in [4.78, 5) is 12.7. The van der Waals surface area contributed by atoms with Crippen LogP contribution in [0.25, 0.3) is 0 Å². The highest BCUT2D eigenvalue weighted by Gasteiger charge is 2.28. The van der Waals surface area contributed by atoms with Crippen LogP contribution in [0.5, 0.6) is 0 Å². The zero-order valence-electron chi connectivity index (χ0n) is 11.4. The Morgan fingerprint density at radius 2 is 1.82 bits per heavy atom. The Kier molecular flexibility index (Phi) is 7.78. The predicted octanol–water partition coefficient (Wildman–Crippen LogP) is 1.39. The fourth-order valence-corrected chi connectivity index (χ4v) is 1.43. The van der Waals surface area contributed by atoms with Crippen LogP contribution in [-0.4, -0.2) is 52.2 Å². The molecule has 0 spiro atoms. The van der Waals surface area contributed by atoms with Gasteiger partial charge in [0.1, 0.15) is 0 Å². The van der Waals surface area contributed by atoms with Gasteiger partial charge < -0.3 is 14.2 Å². The van der Waals surface area contributed by atoms with E-state index in [9.17, 15) is 4.79 Å². The molecule has 5 heteroatoms. The molecule has 0 aliphatic carbocycles. The van der Waals surface area contributed by atoms with Gasteiger partial charge in [0.15, 0.2) is 0 Å². The minimum atomic E-state index is -0.842. The van der Waals surface area contributed by atoms with Crippen molar-refractivity contribution in [2.24, 2.45) is 0 Å². The standard InChI is InChI=1S/C12H23NO4/c1-13(2)12(16-4,17-5)10-8-6-7-9-11(14)15-3/h8,10H,6-7,9H2,1-5H3. The molecule has 0 atom stereocenters. The van der Waals surface area contributed by atoms with Gasteiger partial charge in [0.25, 0.3) is 0 Å². The third-order valence-electron chi connectivity index (χ3n) is 2.52. The molecule has 0 saturated heterocycles. The molecule has 0 unspecified atom stereocenters. The molecule has 0 aliphatic heterocycles. The van der Waals surface area contributed by atoms with Crippen LogP contribution in [0.15, 0.2) is 12.2 Å². The van der Waals surface area contributed by atoms with E-state index in [2.05, 4.69) is 4.74 Å². The van der Waals surface area contributed by atoms with Crippen molar-refractivity contribution in [2.45, 2.75) is 25.2 Å². The van der Waals surface area contributed by atoms with Crippen molar-refractivity contribution < 1.29 is 19.0 Å². The molecular formula is C12H23NO4. The number of rotatable bonds is 8. The minimum Gasteiger partial charge on any atom is -0.469 e. The van der Waals surface area contributed by atoms with Crippen molar-refractivity contribution in [1.29, 1.82) is 0 Å². The largest absolute Gasteiger partial charge is 0.469 e. The lowest BCUT2D eigenvalue weighted by Crippen LogP contribution is -2.45. The number of hydrogen-bond donors (Lipinski definition) is 0. The molecule has 0 aromatic heterocycles. The average molecular weight is 245 g/mol. The Bertz CT molecular complexity index is 247. The number of nitrogens with zero attached hydrogens (tertiary/aromatic N) is 1. The van der Waals surface area contributed by atoms with Crippen molar-refractivity contribution in [3.63, 3.8) is 0 Å². The van der Waals surface area contributed by atoms with E-state index < -0.39 is 5.91 Å². The Labute approximate surface area is 103 Å². The van der Waals surface area contributed by atoms with E-state index in [1.807, 2.05) is 31.1 Å². The summed E-state index contributed by atoms with van der Waals surface area (Å²) in [5.41, 5.74) is 0. The number of carbonyl (C=O) groups excluding carboxylic acids is 1. The number of allylic oxidation sites excluding steroid dienone is 1. The number of unbranched alkanes of at least 4 members (excludes halogenated alkanes) is 1. The summed E-state index contributed by atoms with van der Waals surface area (Å²) in [5.74, 6) is -1.03. The fourth-order valence-electron chi connectivity index (χ4n) is 1.43. The molecule has 0 aromatic rings. The van der Waals surface area contributed by atoms with E-state index in [4.69, 9.17) is 9.47 Å². The molecule has 0 fully saturated rings. The number of ether oxygens (including phenoxy) is 3. The van der Waals surface area contributed by atoms with Crippen LogP contribution in [0.3, 0.4) is 0 Å². The minimum absolute atomic E-state index is 0.184. The van der Waals surface area contributed by atoms with E-state index in [1.54, 1.807) is 14.2 Å². The first-order valence-corrected chi connectivity index (χ1v) is 5.54. The summed E-state index contributed by atoms with van der Waals surface area (Å²) >= 11 is 0. The van der Waals surface area contributed by atoms with E-state index >= 15 is 0 Å². The zero-order valence-corrected chi connectivity index (χ0v) is 11.4. The highest BCUT2D eigenvalue weighted by molar-refractivity contribution is 5.68. The molecule has 0 amide bonds. The molecule has 0 saturated carbocycles. The van der Waals surface area contributed by atoms with E-state index in [0.29, 0.717) is 6.42 Å². The van der Waals surface area contributed by atoms with Gasteiger partial charge in [-0.1, -0.05) is 6.08 Å². The lowest BCUT2D eigenvalue weighted by molar-refractivity contribution is -0.247. The van der Waals surface area contributed by atoms with Gasteiger partial charge in [-0.15, -0.1) is 0 Å². The number of carbonyl (C=O) groups is 1. The van der Waals surface area contributed by atoms with Crippen LogP contribution in [0, 0.1) is 0 Å². The van der Waals surface area contributed by atoms with Crippen LogP contribution in [0.4, 0.5) is 0 Å². The van der Waals surface area contributed by atoms with Gasteiger partial charge in [0.2, 0.25) is 5.91 Å². The quantitative estimate of drug-likeness (QED) is 0.280. The Balaban J connectivity index is 4.15. The van der Waals surface area contributed by atoms with Gasteiger partial charge in [-0.05, 0) is 33.0 Å². The molecule has 0 rings (SSSR count). The molecule has 0 aliphatic rings. The van der Waals surface area contributed by atoms with Gasteiger partial charge in [-0.3, -0.25) is 9.69 Å². The lowest BCUT2D eigenvalue weighted by atomic mass is 10.2. The summed E-state index contributed by atoms with van der Waals surface area (Å²) in [6, 6.07) is 0. The summed E-state index contributed by atoms with van der Waals surface area (Å²) in [6.07, 6.45) is 5.73. The third kappa shape index (κ3) is 5.30. The van der Waals surface area contributed by atoms with Crippen LogP contribution in [0.1, 0.15) is 19.3 Å². The maximum absolute atomic E-state index is 10.9. The fraction of sp³-hybridized carbons (Fsp3) is 0.750. The molecule has 100 valence electrons. The second-order valence-corrected chi connectivity index (χ2v) is 3.80. The summed E-state index contributed by atoms with van der Waals surface area (Å²) in [7, 11) is 8.30. The van der Waals surface area contributed by atoms with Crippen molar-refractivity contribution >= 4 is 5.97 Å². The number of methoxy groups -OCH3 is 3. The maximum Gasteiger partial charge on any atom is 0.305 e. The van der Waals surface area contributed by atoms with Gasteiger partial charge >= 0.3 is 5.97 Å². The van der Waals surface area contributed by atoms with Crippen LogP contribution < -0.4 is 0 Å². The second kappa shape index (κ2) is 8.22. The smallest absolute Gasteiger partial charge is 0.305 e. The van der Waals surface area contributed by atoms with E-state index in [1.165, 1.54) is 7.11 Å². The first-order chi connectivity index (χ1) is 8.02. The SMILES string of the molecule is COC(=O)CCCC=CC(OC)(OC)N(C)C. The van der Waals surface area contributed by atoms with Crippen molar-refractivity contribution in [3.05, 3.63) is 12.2 Å². The Morgan fingerprint density at radius 1 is 1.24 bits per heavy atom. The molecule has 5 nitrogen and oxygen atoms in total. The average Bonchev–Trinajstić information content (AvgIpc) is 2.33. The summed E-state index contributed by atoms with van der Waals surface area (Å²) in [5, 5.41) is 0. The lowest BCUT2D eigenvalue weighted by Gasteiger charge is -2.33. The third-order valence-corrected chi connectivity index (χ3v) is 2.52. The first-order valence-electron chi connectivity index (χ1n) is 5.54. The highest BCUT2D eigenvalue weighted by atomic mass is 16.7. The molecule has 0 bridgehead atoms. The van der Waals surface area contributed by atoms with Crippen LogP contribution in [0.2, 0.25) is 0 Å². The molecule has 0 heterocycles. The van der Waals surface area contributed by atoms with E-state index in [0.717, 1.165) is 12.8 Å². The number of esters is 1. The predicted molar refractivity (Wildman–Crippen MR) is 65.4 cm³/mol.